The van der Waals surface area contributed by atoms with Crippen LogP contribution in [0.3, 0.4) is 0 Å². The van der Waals surface area contributed by atoms with E-state index in [-0.39, 0.29) is 4.21 Å². The van der Waals surface area contributed by atoms with Crippen LogP contribution >= 0.6 is 69.1 Å². The van der Waals surface area contributed by atoms with Gasteiger partial charge >= 0.3 is 10.1 Å². The van der Waals surface area contributed by atoms with Crippen molar-refractivity contribution in [3.05, 3.63) is 120 Å². The molecule has 4 heterocycles. The van der Waals surface area contributed by atoms with Crippen LogP contribution in [-0.4, -0.2) is 32.5 Å². The van der Waals surface area contributed by atoms with Crippen molar-refractivity contribution < 1.29 is 13.0 Å². The molecular weight excluding hydrogens is 810 g/mol. The maximum absolute atomic E-state index is 12.1. The second kappa shape index (κ2) is 15.2. The Labute approximate surface area is 335 Å². The minimum absolute atomic E-state index is 0.0802. The van der Waals surface area contributed by atoms with E-state index in [1.165, 1.54) is 16.0 Å². The predicted molar refractivity (Wildman–Crippen MR) is 220 cm³/mol. The summed E-state index contributed by atoms with van der Waals surface area (Å²) < 4.78 is 37.7. The highest BCUT2D eigenvalue weighted by molar-refractivity contribution is 7.88. The Kier molecular flexibility index (Phi) is 10.5. The number of benzene rings is 2. The van der Waals surface area contributed by atoms with Gasteiger partial charge in [-0.05, 0) is 135 Å². The second-order valence-electron chi connectivity index (χ2n) is 13.1. The number of aromatic nitrogens is 4. The van der Waals surface area contributed by atoms with E-state index in [1.807, 2.05) is 29.0 Å². The Balaban J connectivity index is 1.04. The van der Waals surface area contributed by atoms with Crippen LogP contribution in [0.5, 0.6) is 0 Å². The summed E-state index contributed by atoms with van der Waals surface area (Å²) >= 11 is 28.6. The lowest BCUT2D eigenvalue weighted by atomic mass is 10.1. The van der Waals surface area contributed by atoms with Gasteiger partial charge in [0.2, 0.25) is 0 Å². The summed E-state index contributed by atoms with van der Waals surface area (Å²) in [6.07, 6.45) is 16.4. The first-order chi connectivity index (χ1) is 25.6. The number of nitrogens with zero attached hydrogens (tertiary/aromatic N) is 4. The van der Waals surface area contributed by atoms with E-state index >= 15 is 0 Å². The van der Waals surface area contributed by atoms with E-state index in [0.717, 1.165) is 107 Å². The van der Waals surface area contributed by atoms with Crippen LogP contribution in [-0.2, 0) is 35.8 Å². The maximum atomic E-state index is 12.1. The monoisotopic (exact) mass is 840 g/mol. The molecule has 272 valence electrons. The Morgan fingerprint density at radius 3 is 1.81 bits per heavy atom. The van der Waals surface area contributed by atoms with E-state index in [4.69, 9.17) is 56.6 Å². The molecule has 0 aliphatic heterocycles. The molecule has 8 rings (SSSR count). The molecule has 1 N–H and O–H groups in total. The van der Waals surface area contributed by atoms with Gasteiger partial charge in [-0.1, -0.05) is 58.6 Å². The summed E-state index contributed by atoms with van der Waals surface area (Å²) in [7, 11) is -4.36. The molecule has 0 saturated heterocycles. The Morgan fingerprint density at radius 1 is 0.717 bits per heavy atom. The minimum atomic E-state index is -4.36. The normalized spacial score (nSPS) is 14.3. The van der Waals surface area contributed by atoms with Crippen LogP contribution in [0.4, 0.5) is 0 Å². The van der Waals surface area contributed by atoms with Crippen molar-refractivity contribution in [2.75, 3.05) is 0 Å². The van der Waals surface area contributed by atoms with Gasteiger partial charge in [-0.15, -0.1) is 22.7 Å². The Bertz CT molecular complexity index is 2550. The van der Waals surface area contributed by atoms with Crippen molar-refractivity contribution in [3.8, 4) is 32.5 Å². The number of fused-ring (bicyclic) bond motifs is 6. The molecule has 4 aromatic heterocycles. The summed E-state index contributed by atoms with van der Waals surface area (Å²) in [5.41, 5.74) is 9.58. The fourth-order valence-electron chi connectivity index (χ4n) is 7.13. The molecule has 2 aliphatic carbocycles. The summed E-state index contributed by atoms with van der Waals surface area (Å²) in [5, 5.41) is 14.3. The number of thiophene rings is 2. The third-order valence-electron chi connectivity index (χ3n) is 9.56. The SMILES string of the molecule is O=S(=O)(O)c1cc2c(s1)-c1c(c(/C=C/CCC/C=C/c3nn(-c4ccc(Cl)cc4Cl)c4c3CCCc3ccsc3-4)nn1-c1ccc(Cl)cc1Cl)CCC2. The summed E-state index contributed by atoms with van der Waals surface area (Å²) in [6.45, 7) is 0. The van der Waals surface area contributed by atoms with Gasteiger partial charge in [0, 0.05) is 21.2 Å². The van der Waals surface area contributed by atoms with Crippen molar-refractivity contribution in [1.82, 2.24) is 19.6 Å². The third-order valence-corrected chi connectivity index (χ3v) is 14.1. The summed E-state index contributed by atoms with van der Waals surface area (Å²) in [4.78, 5) is 2.01. The summed E-state index contributed by atoms with van der Waals surface area (Å²) in [6, 6.07) is 14.6. The van der Waals surface area contributed by atoms with Crippen LogP contribution in [0.2, 0.25) is 20.1 Å². The number of rotatable bonds is 9. The number of halogens is 4. The fraction of sp³-hybridized carbons (Fsp3) is 0.231. The number of allylic oxidation sites excluding steroid dienone is 2. The van der Waals surface area contributed by atoms with Crippen molar-refractivity contribution in [2.45, 2.75) is 62.0 Å². The number of unbranched alkanes of at least 4 members (excludes halogenated alkanes) is 2. The first-order valence-corrected chi connectivity index (χ1v) is 21.9. The number of hydrogen-bond acceptors (Lipinski definition) is 6. The lowest BCUT2D eigenvalue weighted by molar-refractivity contribution is 0.485. The van der Waals surface area contributed by atoms with Gasteiger partial charge < -0.3 is 0 Å². The zero-order chi connectivity index (χ0) is 36.9. The highest BCUT2D eigenvalue weighted by atomic mass is 35.5. The molecule has 0 unspecified atom stereocenters. The van der Waals surface area contributed by atoms with Gasteiger partial charge in [0.1, 0.15) is 4.21 Å². The van der Waals surface area contributed by atoms with Gasteiger partial charge in [-0.2, -0.15) is 18.6 Å². The molecule has 14 heteroatoms. The fourth-order valence-corrected chi connectivity index (χ4v) is 11.1. The first kappa shape index (κ1) is 36.8. The van der Waals surface area contributed by atoms with Crippen LogP contribution < -0.4 is 0 Å². The quantitative estimate of drug-likeness (QED) is 0.116. The standard InChI is InChI=1S/C39H32Cl4N4O3S3/c40-25-14-16-33(29(42)21-25)46-36-27(10-6-8-23-18-19-51-38(23)36)31(44-46)12-4-2-1-3-5-13-32-28-11-7-9-24-20-35(53(48,49)50)52-39(24)37(28)47(45-32)34-17-15-26(41)22-30(34)43/h4-5,12-22H,1-3,6-11H2,(H,48,49,50)/b12-4+,13-5+. The lowest BCUT2D eigenvalue weighted by Crippen LogP contribution is -2.00. The Hall–Kier alpha value is -3.19. The molecule has 7 nitrogen and oxygen atoms in total. The molecule has 0 spiro atoms. The molecule has 0 saturated carbocycles. The predicted octanol–water partition coefficient (Wildman–Crippen LogP) is 12.2. The molecule has 0 fully saturated rings. The second-order valence-corrected chi connectivity index (χ2v) is 18.4. The Morgan fingerprint density at radius 2 is 1.26 bits per heavy atom. The van der Waals surface area contributed by atoms with Gasteiger partial charge in [0.15, 0.2) is 0 Å². The molecule has 6 aromatic rings. The molecule has 0 amide bonds. The summed E-state index contributed by atoms with van der Waals surface area (Å²) in [5.74, 6) is 0. The molecular formula is C39H32Cl4N4O3S3. The highest BCUT2D eigenvalue weighted by Crippen LogP contribution is 2.44. The average Bonchev–Trinajstić information content (AvgIpc) is 3.86. The lowest BCUT2D eigenvalue weighted by Gasteiger charge is -2.10. The molecule has 0 radical (unpaired) electrons. The van der Waals surface area contributed by atoms with Crippen LogP contribution in [0, 0.1) is 0 Å². The number of hydrogen-bond donors (Lipinski definition) is 1. The smallest absolute Gasteiger partial charge is 0.281 e. The van der Waals surface area contributed by atoms with Crippen molar-refractivity contribution in [2.24, 2.45) is 0 Å². The van der Waals surface area contributed by atoms with E-state index in [9.17, 15) is 13.0 Å². The number of aryl methyl sites for hydroxylation is 2. The maximum Gasteiger partial charge on any atom is 0.304 e. The van der Waals surface area contributed by atoms with Gasteiger partial charge in [0.05, 0.1) is 54.0 Å². The molecule has 53 heavy (non-hydrogen) atoms. The molecule has 0 atom stereocenters. The van der Waals surface area contributed by atoms with Gasteiger partial charge in [-0.3, -0.25) is 4.55 Å². The third kappa shape index (κ3) is 7.33. The van der Waals surface area contributed by atoms with E-state index in [2.05, 4.69) is 29.7 Å². The van der Waals surface area contributed by atoms with Crippen molar-refractivity contribution in [1.29, 1.82) is 0 Å². The van der Waals surface area contributed by atoms with Crippen LogP contribution in [0.15, 0.2) is 70.3 Å². The molecule has 2 aliphatic rings. The van der Waals surface area contributed by atoms with Crippen molar-refractivity contribution in [3.63, 3.8) is 0 Å². The van der Waals surface area contributed by atoms with Crippen LogP contribution in [0.1, 0.15) is 65.7 Å². The minimum Gasteiger partial charge on any atom is -0.281 e. The molecule has 2 aromatic carbocycles. The average molecular weight is 843 g/mol. The van der Waals surface area contributed by atoms with Gasteiger partial charge in [0.25, 0.3) is 0 Å². The van der Waals surface area contributed by atoms with Crippen LogP contribution in [0.25, 0.3) is 44.7 Å². The van der Waals surface area contributed by atoms with E-state index < -0.39 is 10.1 Å². The first-order valence-electron chi connectivity index (χ1n) is 17.2. The topological polar surface area (TPSA) is 90.0 Å². The van der Waals surface area contributed by atoms with E-state index in [0.29, 0.717) is 32.2 Å². The molecule has 0 bridgehead atoms. The zero-order valence-electron chi connectivity index (χ0n) is 28.2. The van der Waals surface area contributed by atoms with E-state index in [1.54, 1.807) is 40.3 Å². The zero-order valence-corrected chi connectivity index (χ0v) is 33.6. The highest BCUT2D eigenvalue weighted by Gasteiger charge is 2.29. The van der Waals surface area contributed by atoms with Crippen molar-refractivity contribution >= 4 is 91.3 Å². The largest absolute Gasteiger partial charge is 0.304 e. The van der Waals surface area contributed by atoms with Gasteiger partial charge in [-0.25, -0.2) is 9.36 Å².